The summed E-state index contributed by atoms with van der Waals surface area (Å²) >= 11 is 0. The number of hydrogen-bond acceptors (Lipinski definition) is 12. The third-order valence-electron chi connectivity index (χ3n) is 12.7. The molecule has 5 aliphatic rings. The zero-order valence-electron chi connectivity index (χ0n) is 33.6. The largest absolute Gasteiger partial charge is 0.370 e. The van der Waals surface area contributed by atoms with Crippen LogP contribution in [0.1, 0.15) is 83.8 Å². The minimum absolute atomic E-state index is 0.0673. The molecule has 0 radical (unpaired) electrons. The number of likely N-dealkylation sites (N-methyl/N-ethyl adjacent to an activating group) is 1. The van der Waals surface area contributed by atoms with Crippen LogP contribution in [0.5, 0.6) is 0 Å². The van der Waals surface area contributed by atoms with Gasteiger partial charge in [-0.15, -0.1) is 0 Å². The predicted octanol–water partition coefficient (Wildman–Crippen LogP) is 2.68. The molecule has 7 heterocycles. The number of rotatable bonds is 11. The van der Waals surface area contributed by atoms with E-state index in [0.29, 0.717) is 30.0 Å². The SMILES string of the molecule is CN1CCN(C2CCCN(c3cnc(C(N)=O)c(Nc4ccc(C5CCN(CC6CCN(c7ccc(C(=O)NC8CCC(=O)NC8=O)nc7)CC6)CC5)cc4)n3)C2)C1=O. The van der Waals surface area contributed by atoms with Gasteiger partial charge < -0.3 is 40.9 Å². The first-order chi connectivity index (χ1) is 28.6. The van der Waals surface area contributed by atoms with E-state index in [4.69, 9.17) is 10.7 Å². The number of hydrogen-bond donors (Lipinski definition) is 4. The Hall–Kier alpha value is -5.84. The van der Waals surface area contributed by atoms with Crippen LogP contribution >= 0.6 is 0 Å². The van der Waals surface area contributed by atoms with Crippen molar-refractivity contribution in [2.24, 2.45) is 11.7 Å². The van der Waals surface area contributed by atoms with Crippen molar-refractivity contribution < 1.29 is 24.0 Å². The van der Waals surface area contributed by atoms with Crippen LogP contribution < -0.4 is 31.5 Å². The Labute approximate surface area is 344 Å². The summed E-state index contributed by atoms with van der Waals surface area (Å²) in [6.07, 6.45) is 10.0. The van der Waals surface area contributed by atoms with Crippen molar-refractivity contribution in [1.29, 1.82) is 0 Å². The van der Waals surface area contributed by atoms with Crippen molar-refractivity contribution >= 4 is 52.7 Å². The number of aromatic nitrogens is 3. The molecule has 0 bridgehead atoms. The molecule has 1 aromatic carbocycles. The molecule has 5 aliphatic heterocycles. The van der Waals surface area contributed by atoms with Crippen LogP contribution in [0, 0.1) is 5.92 Å². The minimum atomic E-state index is -0.731. The quantitative estimate of drug-likeness (QED) is 0.207. The number of anilines is 4. The van der Waals surface area contributed by atoms with Gasteiger partial charge in [-0.25, -0.2) is 19.7 Å². The van der Waals surface area contributed by atoms with E-state index in [1.54, 1.807) is 23.4 Å². The zero-order chi connectivity index (χ0) is 41.0. The summed E-state index contributed by atoms with van der Waals surface area (Å²) in [5, 5.41) is 8.25. The first-order valence-corrected chi connectivity index (χ1v) is 21.0. The van der Waals surface area contributed by atoms with Gasteiger partial charge in [0, 0.05) is 65.0 Å². The lowest BCUT2D eigenvalue weighted by Crippen LogP contribution is -2.52. The van der Waals surface area contributed by atoms with Gasteiger partial charge in [0.05, 0.1) is 24.1 Å². The van der Waals surface area contributed by atoms with Crippen molar-refractivity contribution in [3.8, 4) is 0 Å². The molecule has 0 aliphatic carbocycles. The molecule has 3 aromatic rings. The molecule has 59 heavy (non-hydrogen) atoms. The molecule has 5 fully saturated rings. The average Bonchev–Trinajstić information content (AvgIpc) is 3.59. The van der Waals surface area contributed by atoms with Crippen molar-refractivity contribution in [2.75, 3.05) is 81.1 Å². The number of likely N-dealkylation sites (tertiary alicyclic amines) is 1. The van der Waals surface area contributed by atoms with Gasteiger partial charge in [0.15, 0.2) is 11.5 Å². The molecule has 6 amide bonds. The van der Waals surface area contributed by atoms with Crippen LogP contribution in [-0.4, -0.2) is 137 Å². The molecule has 312 valence electrons. The maximum Gasteiger partial charge on any atom is 0.320 e. The Kier molecular flexibility index (Phi) is 11.9. The normalized spacial score (nSPS) is 22.4. The summed E-state index contributed by atoms with van der Waals surface area (Å²) in [7, 11) is 1.84. The lowest BCUT2D eigenvalue weighted by molar-refractivity contribution is -0.134. The Morgan fingerprint density at radius 3 is 2.31 bits per heavy atom. The van der Waals surface area contributed by atoms with Crippen molar-refractivity contribution in [3.05, 3.63) is 65.7 Å². The lowest BCUT2D eigenvalue weighted by atomic mass is 9.88. The Bertz CT molecular complexity index is 2030. The molecule has 5 saturated heterocycles. The second-order valence-electron chi connectivity index (χ2n) is 16.6. The monoisotopic (exact) mass is 806 g/mol. The standard InChI is InChI=1S/C42H54N12O5/c1-50-21-22-54(42(50)59)32-3-2-16-53(26-32)35-24-45-37(38(43)56)39(48-35)46-30-6-4-28(5-7-30)29-14-17-51(18-15-29)25-27-12-19-52(20-13-27)31-8-9-33(44-23-31)40(57)47-34-10-11-36(55)49-41(34)58/h4-9,23-24,27,29,32,34H,2-3,10-22,25-26H2,1H3,(H2,43,56)(H,46,48)(H,47,57)(H,49,55,58). The molecular formula is C42H54N12O5. The van der Waals surface area contributed by atoms with Crippen molar-refractivity contribution in [1.82, 2.24) is 40.3 Å². The lowest BCUT2D eigenvalue weighted by Gasteiger charge is -2.38. The summed E-state index contributed by atoms with van der Waals surface area (Å²) in [6.45, 7) is 7.98. The molecule has 17 heteroatoms. The highest BCUT2D eigenvalue weighted by Gasteiger charge is 2.35. The van der Waals surface area contributed by atoms with Crippen LogP contribution in [0.15, 0.2) is 48.8 Å². The third-order valence-corrected chi connectivity index (χ3v) is 12.7. The number of nitrogens with two attached hydrogens (primary N) is 1. The maximum atomic E-state index is 12.7. The van der Waals surface area contributed by atoms with E-state index in [0.717, 1.165) is 102 Å². The van der Waals surface area contributed by atoms with Crippen LogP contribution in [0.25, 0.3) is 0 Å². The molecule has 2 aromatic heterocycles. The van der Waals surface area contributed by atoms with Crippen LogP contribution in [0.3, 0.4) is 0 Å². The Morgan fingerprint density at radius 2 is 1.63 bits per heavy atom. The second kappa shape index (κ2) is 17.6. The van der Waals surface area contributed by atoms with E-state index in [2.05, 4.69) is 52.8 Å². The van der Waals surface area contributed by atoms with Gasteiger partial charge in [0.2, 0.25) is 11.8 Å². The summed E-state index contributed by atoms with van der Waals surface area (Å²) in [4.78, 5) is 85.5. The van der Waals surface area contributed by atoms with E-state index in [9.17, 15) is 24.0 Å². The van der Waals surface area contributed by atoms with Gasteiger partial charge in [0.1, 0.15) is 17.6 Å². The summed E-state index contributed by atoms with van der Waals surface area (Å²) in [5.41, 5.74) is 9.13. The molecule has 5 N–H and O–H groups in total. The molecule has 8 rings (SSSR count). The number of pyridine rings is 1. The van der Waals surface area contributed by atoms with Crippen molar-refractivity contribution in [3.63, 3.8) is 0 Å². The zero-order valence-corrected chi connectivity index (χ0v) is 33.6. The molecule has 0 spiro atoms. The number of carbonyl (C=O) groups excluding carboxylic acids is 5. The summed E-state index contributed by atoms with van der Waals surface area (Å²) in [6, 6.07) is 11.4. The number of piperidine rings is 4. The van der Waals surface area contributed by atoms with Gasteiger partial charge in [-0.1, -0.05) is 12.1 Å². The second-order valence-corrected chi connectivity index (χ2v) is 16.6. The Balaban J connectivity index is 0.789. The maximum absolute atomic E-state index is 12.7. The number of urea groups is 1. The smallest absolute Gasteiger partial charge is 0.320 e. The molecule has 17 nitrogen and oxygen atoms in total. The van der Waals surface area contributed by atoms with Gasteiger partial charge in [-0.2, -0.15) is 0 Å². The first-order valence-electron chi connectivity index (χ1n) is 21.0. The van der Waals surface area contributed by atoms with E-state index >= 15 is 0 Å². The number of carbonyl (C=O) groups is 5. The minimum Gasteiger partial charge on any atom is -0.370 e. The average molecular weight is 807 g/mol. The number of nitrogens with one attached hydrogen (secondary N) is 3. The van der Waals surface area contributed by atoms with Gasteiger partial charge in [0.25, 0.3) is 11.8 Å². The van der Waals surface area contributed by atoms with E-state index in [1.807, 2.05) is 30.1 Å². The number of amides is 6. The van der Waals surface area contributed by atoms with Crippen molar-refractivity contribution in [2.45, 2.75) is 69.4 Å². The van der Waals surface area contributed by atoms with Crippen LogP contribution in [0.4, 0.5) is 27.8 Å². The topological polar surface area (TPSA) is 202 Å². The van der Waals surface area contributed by atoms with Crippen LogP contribution in [0.2, 0.25) is 0 Å². The number of primary amides is 1. The number of imide groups is 1. The number of nitrogens with zero attached hydrogens (tertiary/aromatic N) is 8. The van der Waals surface area contributed by atoms with Gasteiger partial charge >= 0.3 is 6.03 Å². The fourth-order valence-corrected chi connectivity index (χ4v) is 9.16. The third kappa shape index (κ3) is 9.24. The summed E-state index contributed by atoms with van der Waals surface area (Å²) < 4.78 is 0. The molecular weight excluding hydrogens is 753 g/mol. The van der Waals surface area contributed by atoms with Crippen LogP contribution in [-0.2, 0) is 9.59 Å². The van der Waals surface area contributed by atoms with E-state index < -0.39 is 23.8 Å². The Morgan fingerprint density at radius 1 is 0.847 bits per heavy atom. The molecule has 2 unspecified atom stereocenters. The first kappa shape index (κ1) is 40.0. The fourth-order valence-electron chi connectivity index (χ4n) is 9.16. The van der Waals surface area contributed by atoms with Gasteiger partial charge in [-0.3, -0.25) is 24.5 Å². The van der Waals surface area contributed by atoms with Gasteiger partial charge in [-0.05, 0) is 99.7 Å². The van der Waals surface area contributed by atoms with E-state index in [1.165, 1.54) is 5.56 Å². The summed E-state index contributed by atoms with van der Waals surface area (Å²) in [5.74, 6) is 0.193. The molecule has 2 atom stereocenters. The highest BCUT2D eigenvalue weighted by atomic mass is 16.2. The highest BCUT2D eigenvalue weighted by Crippen LogP contribution is 2.32. The van der Waals surface area contributed by atoms with E-state index in [-0.39, 0.29) is 42.2 Å². The highest BCUT2D eigenvalue weighted by molar-refractivity contribution is 6.03. The molecule has 0 saturated carbocycles. The fraction of sp³-hybridized carbons (Fsp3) is 0.524. The number of benzene rings is 1. The predicted molar refractivity (Wildman–Crippen MR) is 221 cm³/mol.